The smallest absolute Gasteiger partial charge is 0.0319 e. The summed E-state index contributed by atoms with van der Waals surface area (Å²) in [5, 5.41) is 28.0. The second kappa shape index (κ2) is 53.0. The number of hydrogen-bond acceptors (Lipinski definition) is 4. The molecule has 0 atom stereocenters. The van der Waals surface area contributed by atoms with E-state index in [4.69, 9.17) is 20.4 Å². The maximum atomic E-state index is 7.00. The van der Waals surface area contributed by atoms with E-state index in [9.17, 15) is 0 Å². The van der Waals surface area contributed by atoms with E-state index in [2.05, 4.69) is 109 Å². The standard InChI is InChI=1S/C13H12.C12H10.4C2H6.4CH4O/c1-3-7-12(8-4-1)11-13-9-5-2-6-10-13;1-3-7-11(8-4-1)12-9-5-2-6-10-12;8*1-2/h1-10H,11H2;1-10H;4*1-2H3;4*2H,1H3. The molecule has 4 aromatic carbocycles. The summed E-state index contributed by atoms with van der Waals surface area (Å²) in [7, 11) is 4.00. The van der Waals surface area contributed by atoms with Gasteiger partial charge in [0.15, 0.2) is 0 Å². The number of benzene rings is 4. The lowest BCUT2D eigenvalue weighted by Gasteiger charge is -2.00. The number of aliphatic hydroxyl groups is 4. The zero-order valence-corrected chi connectivity index (χ0v) is 28.0. The molecule has 0 aliphatic rings. The molecule has 4 nitrogen and oxygen atoms in total. The van der Waals surface area contributed by atoms with Gasteiger partial charge in [-0.1, -0.05) is 177 Å². The van der Waals surface area contributed by atoms with E-state index in [0.717, 1.165) is 34.9 Å². The lowest BCUT2D eigenvalue weighted by molar-refractivity contribution is 0.399. The molecule has 0 amide bonds. The molecule has 0 unspecified atom stereocenters. The van der Waals surface area contributed by atoms with E-state index in [-0.39, 0.29) is 0 Å². The van der Waals surface area contributed by atoms with Crippen molar-refractivity contribution in [3.63, 3.8) is 0 Å². The lowest BCUT2D eigenvalue weighted by atomic mass is 10.1. The van der Waals surface area contributed by atoms with Crippen LogP contribution in [0.1, 0.15) is 66.5 Å². The average Bonchev–Trinajstić information content (AvgIpc) is 3.14. The van der Waals surface area contributed by atoms with Gasteiger partial charge in [-0.25, -0.2) is 0 Å². The molecule has 0 saturated heterocycles. The highest BCUT2D eigenvalue weighted by Crippen LogP contribution is 2.17. The Morgan fingerprint density at radius 1 is 0.293 bits per heavy atom. The monoisotopic (exact) mass is 570 g/mol. The van der Waals surface area contributed by atoms with Gasteiger partial charge < -0.3 is 20.4 Å². The highest BCUT2D eigenvalue weighted by molar-refractivity contribution is 5.62. The first-order chi connectivity index (χ1) is 20.4. The van der Waals surface area contributed by atoms with Crippen molar-refractivity contribution in [1.82, 2.24) is 0 Å². The third-order valence-electron chi connectivity index (χ3n) is 3.97. The van der Waals surface area contributed by atoms with Gasteiger partial charge in [0.2, 0.25) is 0 Å². The molecule has 4 heteroatoms. The van der Waals surface area contributed by atoms with E-state index < -0.39 is 0 Å². The molecule has 4 N–H and O–H groups in total. The maximum Gasteiger partial charge on any atom is 0.0319 e. The second-order valence-corrected chi connectivity index (χ2v) is 5.88. The van der Waals surface area contributed by atoms with Crippen LogP contribution in [0.5, 0.6) is 0 Å². The lowest BCUT2D eigenvalue weighted by Crippen LogP contribution is -1.85. The van der Waals surface area contributed by atoms with Crippen LogP contribution in [0.3, 0.4) is 0 Å². The first-order valence-electron chi connectivity index (χ1n) is 14.4. The minimum atomic E-state index is 1.00. The average molecular weight is 571 g/mol. The number of aliphatic hydroxyl groups excluding tert-OH is 4. The molecule has 0 aliphatic heterocycles. The molecule has 234 valence electrons. The van der Waals surface area contributed by atoms with Crippen molar-refractivity contribution in [3.05, 3.63) is 132 Å². The molecule has 4 rings (SSSR count). The van der Waals surface area contributed by atoms with Crippen LogP contribution in [0.2, 0.25) is 0 Å². The third kappa shape index (κ3) is 32.8. The summed E-state index contributed by atoms with van der Waals surface area (Å²) in [6.07, 6.45) is 1.03. The van der Waals surface area contributed by atoms with Crippen molar-refractivity contribution < 1.29 is 20.4 Å². The zero-order valence-electron chi connectivity index (χ0n) is 28.0. The first kappa shape index (κ1) is 50.5. The van der Waals surface area contributed by atoms with Gasteiger partial charge in [-0.2, -0.15) is 0 Å². The van der Waals surface area contributed by atoms with E-state index in [1.807, 2.05) is 67.5 Å². The first-order valence-corrected chi connectivity index (χ1v) is 14.4. The Kier molecular flexibility index (Phi) is 65.4. The topological polar surface area (TPSA) is 80.9 Å². The molecule has 41 heavy (non-hydrogen) atoms. The highest BCUT2D eigenvalue weighted by atomic mass is 16.2. The molecular formula is C37H62O4. The Bertz CT molecular complexity index is 779. The van der Waals surface area contributed by atoms with Gasteiger partial charge in [0.05, 0.1) is 0 Å². The van der Waals surface area contributed by atoms with Crippen LogP contribution in [0.4, 0.5) is 0 Å². The third-order valence-corrected chi connectivity index (χ3v) is 3.97. The van der Waals surface area contributed by atoms with Crippen LogP contribution in [-0.2, 0) is 6.42 Å². The number of hydrogen-bond donors (Lipinski definition) is 4. The van der Waals surface area contributed by atoms with Crippen molar-refractivity contribution in [2.45, 2.75) is 61.8 Å². The minimum Gasteiger partial charge on any atom is -0.400 e. The summed E-state index contributed by atoms with van der Waals surface area (Å²) in [6.45, 7) is 16.0. The van der Waals surface area contributed by atoms with Crippen LogP contribution in [0.15, 0.2) is 121 Å². The molecule has 0 saturated carbocycles. The molecule has 0 aliphatic carbocycles. The fraction of sp³-hybridized carbons (Fsp3) is 0.351. The van der Waals surface area contributed by atoms with Gasteiger partial charge in [-0.3, -0.25) is 0 Å². The van der Waals surface area contributed by atoms with Crippen LogP contribution < -0.4 is 0 Å². The van der Waals surface area contributed by atoms with Crippen LogP contribution >= 0.6 is 0 Å². The largest absolute Gasteiger partial charge is 0.400 e. The van der Waals surface area contributed by atoms with Crippen LogP contribution in [0, 0.1) is 0 Å². The highest BCUT2D eigenvalue weighted by Gasteiger charge is 1.93. The van der Waals surface area contributed by atoms with Gasteiger partial charge in [-0.15, -0.1) is 0 Å². The molecule has 0 spiro atoms. The van der Waals surface area contributed by atoms with E-state index in [0.29, 0.717) is 0 Å². The molecular weight excluding hydrogens is 508 g/mol. The van der Waals surface area contributed by atoms with Gasteiger partial charge >= 0.3 is 0 Å². The summed E-state index contributed by atoms with van der Waals surface area (Å²) in [6, 6.07) is 41.8. The van der Waals surface area contributed by atoms with E-state index in [1.54, 1.807) is 0 Å². The molecule has 0 bridgehead atoms. The predicted octanol–water partition coefficient (Wildman–Crippen LogP) is 9.17. The van der Waals surface area contributed by atoms with Crippen LogP contribution in [0.25, 0.3) is 11.1 Å². The predicted molar refractivity (Wildman–Crippen MR) is 186 cm³/mol. The van der Waals surface area contributed by atoms with Gasteiger partial charge in [-0.05, 0) is 28.7 Å². The molecule has 0 heterocycles. The SMILES string of the molecule is CC.CC.CC.CC.CO.CO.CO.CO.c1ccc(-c2ccccc2)cc1.c1ccc(Cc2ccccc2)cc1. The second-order valence-electron chi connectivity index (χ2n) is 5.88. The van der Waals surface area contributed by atoms with E-state index in [1.165, 1.54) is 22.3 Å². The molecule has 0 aromatic heterocycles. The molecule has 4 aromatic rings. The number of rotatable bonds is 3. The van der Waals surface area contributed by atoms with Crippen molar-refractivity contribution >= 4 is 0 Å². The minimum absolute atomic E-state index is 1.00. The zero-order chi connectivity index (χ0) is 33.2. The van der Waals surface area contributed by atoms with Crippen molar-refractivity contribution in [3.8, 4) is 11.1 Å². The molecule has 0 fully saturated rings. The summed E-state index contributed by atoms with van der Waals surface area (Å²) in [5.74, 6) is 0. The van der Waals surface area contributed by atoms with Gasteiger partial charge in [0.1, 0.15) is 0 Å². The van der Waals surface area contributed by atoms with Crippen molar-refractivity contribution in [1.29, 1.82) is 0 Å². The Morgan fingerprint density at radius 2 is 0.463 bits per heavy atom. The fourth-order valence-corrected chi connectivity index (χ4v) is 2.69. The Hall–Kier alpha value is -3.28. The quantitative estimate of drug-likeness (QED) is 0.198. The van der Waals surface area contributed by atoms with E-state index >= 15 is 0 Å². The van der Waals surface area contributed by atoms with Gasteiger partial charge in [0, 0.05) is 28.4 Å². The Morgan fingerprint density at radius 3 is 0.659 bits per heavy atom. The van der Waals surface area contributed by atoms with Crippen LogP contribution in [-0.4, -0.2) is 48.9 Å². The van der Waals surface area contributed by atoms with Gasteiger partial charge in [0.25, 0.3) is 0 Å². The van der Waals surface area contributed by atoms with Crippen molar-refractivity contribution in [2.24, 2.45) is 0 Å². The molecule has 0 radical (unpaired) electrons. The normalized spacial score (nSPS) is 7.12. The summed E-state index contributed by atoms with van der Waals surface area (Å²) >= 11 is 0. The Balaban J connectivity index is -0.000000101. The summed E-state index contributed by atoms with van der Waals surface area (Å²) < 4.78 is 0. The summed E-state index contributed by atoms with van der Waals surface area (Å²) in [4.78, 5) is 0. The fourth-order valence-electron chi connectivity index (χ4n) is 2.69. The van der Waals surface area contributed by atoms with Crippen molar-refractivity contribution in [2.75, 3.05) is 28.4 Å². The Labute approximate surface area is 254 Å². The maximum absolute atomic E-state index is 7.00. The summed E-state index contributed by atoms with van der Waals surface area (Å²) in [5.41, 5.74) is 5.29.